The van der Waals surface area contributed by atoms with E-state index in [4.69, 9.17) is 5.26 Å². The summed E-state index contributed by atoms with van der Waals surface area (Å²) >= 11 is 0. The third kappa shape index (κ3) is 2.26. The second-order valence-corrected chi connectivity index (χ2v) is 5.91. The first-order chi connectivity index (χ1) is 8.43. The van der Waals surface area contributed by atoms with Crippen LogP contribution in [0.2, 0.25) is 0 Å². The molecule has 0 radical (unpaired) electrons. The zero-order chi connectivity index (χ0) is 13.3. The van der Waals surface area contributed by atoms with Crippen molar-refractivity contribution in [1.29, 1.82) is 5.26 Å². The largest absolute Gasteiger partial charge is 0.350 e. The summed E-state index contributed by atoms with van der Waals surface area (Å²) in [6, 6.07) is 8.90. The normalized spacial score (nSPS) is 11.7. The van der Waals surface area contributed by atoms with Crippen molar-refractivity contribution in [3.63, 3.8) is 0 Å². The maximum atomic E-state index is 8.73. The third-order valence-corrected chi connectivity index (χ3v) is 3.44. The molecule has 0 aliphatic carbocycles. The Kier molecular flexibility index (Phi) is 3.17. The molecule has 0 aliphatic heterocycles. The molecule has 2 nitrogen and oxygen atoms in total. The van der Waals surface area contributed by atoms with E-state index in [0.717, 1.165) is 6.42 Å². The number of fused-ring (bicyclic) bond motifs is 1. The van der Waals surface area contributed by atoms with Crippen molar-refractivity contribution in [1.82, 2.24) is 4.57 Å². The summed E-state index contributed by atoms with van der Waals surface area (Å²) in [4.78, 5) is 0. The van der Waals surface area contributed by atoms with Gasteiger partial charge in [0.25, 0.3) is 0 Å². The smallest absolute Gasteiger partial charge is 0.0625 e. The Morgan fingerprint density at radius 1 is 1.28 bits per heavy atom. The number of nitrogens with zero attached hydrogens (tertiary/aromatic N) is 2. The monoisotopic (exact) mass is 240 g/mol. The van der Waals surface area contributed by atoms with E-state index in [1.807, 2.05) is 0 Å². The highest BCUT2D eigenvalue weighted by atomic mass is 14.9. The SMILES string of the molecule is Cn1cc(CCC#N)c2cc(C(C)(C)C)ccc21. The first-order valence-electron chi connectivity index (χ1n) is 6.39. The fourth-order valence-corrected chi connectivity index (χ4v) is 2.33. The minimum absolute atomic E-state index is 0.163. The van der Waals surface area contributed by atoms with E-state index >= 15 is 0 Å². The lowest BCUT2D eigenvalue weighted by atomic mass is 9.86. The number of nitriles is 1. The fraction of sp³-hybridized carbons (Fsp3) is 0.438. The molecule has 0 bridgehead atoms. The lowest BCUT2D eigenvalue weighted by Gasteiger charge is -2.19. The standard InChI is InChI=1S/C16H20N2/c1-16(2,3)13-7-8-15-14(10-13)12(6-5-9-17)11-18(15)4/h7-8,10-11H,5-6H2,1-4H3. The van der Waals surface area contributed by atoms with Gasteiger partial charge in [0.05, 0.1) is 6.07 Å². The first-order valence-corrected chi connectivity index (χ1v) is 6.39. The minimum Gasteiger partial charge on any atom is -0.350 e. The Balaban J connectivity index is 2.56. The number of hydrogen-bond acceptors (Lipinski definition) is 1. The van der Waals surface area contributed by atoms with E-state index in [9.17, 15) is 0 Å². The molecule has 0 saturated carbocycles. The number of hydrogen-bond donors (Lipinski definition) is 0. The van der Waals surface area contributed by atoms with Gasteiger partial charge in [-0.1, -0.05) is 26.8 Å². The van der Waals surface area contributed by atoms with Gasteiger partial charge in [-0.3, -0.25) is 0 Å². The third-order valence-electron chi connectivity index (χ3n) is 3.44. The van der Waals surface area contributed by atoms with Gasteiger partial charge in [-0.15, -0.1) is 0 Å². The van der Waals surface area contributed by atoms with Crippen molar-refractivity contribution in [2.75, 3.05) is 0 Å². The van der Waals surface area contributed by atoms with Gasteiger partial charge in [-0.05, 0) is 35.1 Å². The van der Waals surface area contributed by atoms with Crippen LogP contribution in [0.5, 0.6) is 0 Å². The molecule has 0 saturated heterocycles. The summed E-state index contributed by atoms with van der Waals surface area (Å²) < 4.78 is 2.15. The molecule has 0 unspecified atom stereocenters. The summed E-state index contributed by atoms with van der Waals surface area (Å²) in [6.45, 7) is 6.68. The number of rotatable bonds is 2. The molecule has 2 rings (SSSR count). The Labute approximate surface area is 109 Å². The lowest BCUT2D eigenvalue weighted by Crippen LogP contribution is -2.10. The van der Waals surface area contributed by atoms with Crippen molar-refractivity contribution in [3.8, 4) is 6.07 Å². The van der Waals surface area contributed by atoms with E-state index in [-0.39, 0.29) is 5.41 Å². The van der Waals surface area contributed by atoms with Gasteiger partial charge < -0.3 is 4.57 Å². The number of benzene rings is 1. The van der Waals surface area contributed by atoms with E-state index in [0.29, 0.717) is 6.42 Å². The molecule has 0 spiro atoms. The van der Waals surface area contributed by atoms with E-state index < -0.39 is 0 Å². The van der Waals surface area contributed by atoms with Crippen LogP contribution in [-0.2, 0) is 18.9 Å². The molecule has 0 atom stereocenters. The maximum Gasteiger partial charge on any atom is 0.0625 e. The summed E-state index contributed by atoms with van der Waals surface area (Å²) in [7, 11) is 2.06. The van der Waals surface area contributed by atoms with Crippen LogP contribution in [-0.4, -0.2) is 4.57 Å². The summed E-state index contributed by atoms with van der Waals surface area (Å²) in [5.41, 5.74) is 4.03. The van der Waals surface area contributed by atoms with E-state index in [1.54, 1.807) is 0 Å². The van der Waals surface area contributed by atoms with Crippen molar-refractivity contribution < 1.29 is 0 Å². The Bertz CT molecular complexity index is 606. The van der Waals surface area contributed by atoms with Gasteiger partial charge in [0.15, 0.2) is 0 Å². The molecule has 0 fully saturated rings. The fourth-order valence-electron chi connectivity index (χ4n) is 2.33. The summed E-state index contributed by atoms with van der Waals surface area (Å²) in [6.07, 6.45) is 3.56. The van der Waals surface area contributed by atoms with E-state index in [1.165, 1.54) is 22.0 Å². The predicted molar refractivity (Wildman–Crippen MR) is 75.6 cm³/mol. The highest BCUT2D eigenvalue weighted by Crippen LogP contribution is 2.29. The zero-order valence-electron chi connectivity index (χ0n) is 11.6. The number of aryl methyl sites for hydroxylation is 2. The topological polar surface area (TPSA) is 28.7 Å². The van der Waals surface area contributed by atoms with E-state index in [2.05, 4.69) is 62.9 Å². The second-order valence-electron chi connectivity index (χ2n) is 5.91. The molecule has 18 heavy (non-hydrogen) atoms. The van der Waals surface area contributed by atoms with Crippen molar-refractivity contribution in [2.45, 2.75) is 39.0 Å². The van der Waals surface area contributed by atoms with Gasteiger partial charge in [-0.2, -0.15) is 5.26 Å². The van der Waals surface area contributed by atoms with Crippen molar-refractivity contribution >= 4 is 10.9 Å². The predicted octanol–water partition coefficient (Wildman–Crippen LogP) is 3.93. The van der Waals surface area contributed by atoms with Crippen LogP contribution >= 0.6 is 0 Å². The van der Waals surface area contributed by atoms with Crippen LogP contribution in [0.1, 0.15) is 38.3 Å². The first kappa shape index (κ1) is 12.7. The van der Waals surface area contributed by atoms with Crippen LogP contribution in [0.25, 0.3) is 10.9 Å². The van der Waals surface area contributed by atoms with Crippen molar-refractivity contribution in [3.05, 3.63) is 35.5 Å². The van der Waals surface area contributed by atoms with Crippen LogP contribution in [0.15, 0.2) is 24.4 Å². The van der Waals surface area contributed by atoms with Crippen molar-refractivity contribution in [2.24, 2.45) is 7.05 Å². The van der Waals surface area contributed by atoms with Crippen LogP contribution in [0.3, 0.4) is 0 Å². The molecule has 0 amide bonds. The van der Waals surface area contributed by atoms with Gasteiger partial charge in [0, 0.05) is 30.6 Å². The second kappa shape index (κ2) is 4.49. The Hall–Kier alpha value is -1.75. The highest BCUT2D eigenvalue weighted by molar-refractivity contribution is 5.85. The zero-order valence-corrected chi connectivity index (χ0v) is 11.6. The van der Waals surface area contributed by atoms with Gasteiger partial charge in [-0.25, -0.2) is 0 Å². The molecule has 1 heterocycles. The molecule has 94 valence electrons. The molecule has 2 aromatic rings. The van der Waals surface area contributed by atoms with Gasteiger partial charge in [0.1, 0.15) is 0 Å². The molecular weight excluding hydrogens is 220 g/mol. The molecular formula is C16H20N2. The van der Waals surface area contributed by atoms with Crippen LogP contribution in [0.4, 0.5) is 0 Å². The quantitative estimate of drug-likeness (QED) is 0.781. The molecule has 1 aromatic carbocycles. The minimum atomic E-state index is 0.163. The van der Waals surface area contributed by atoms with Gasteiger partial charge >= 0.3 is 0 Å². The number of aromatic nitrogens is 1. The van der Waals surface area contributed by atoms with Crippen LogP contribution in [0, 0.1) is 11.3 Å². The lowest BCUT2D eigenvalue weighted by molar-refractivity contribution is 0.591. The van der Waals surface area contributed by atoms with Crippen LogP contribution < -0.4 is 0 Å². The highest BCUT2D eigenvalue weighted by Gasteiger charge is 2.15. The molecule has 0 aliphatic rings. The van der Waals surface area contributed by atoms with Gasteiger partial charge in [0.2, 0.25) is 0 Å². The maximum absolute atomic E-state index is 8.73. The molecule has 0 N–H and O–H groups in total. The summed E-state index contributed by atoms with van der Waals surface area (Å²) in [5, 5.41) is 10.0. The Morgan fingerprint density at radius 3 is 2.61 bits per heavy atom. The summed E-state index contributed by atoms with van der Waals surface area (Å²) in [5.74, 6) is 0. The average Bonchev–Trinajstić information content (AvgIpc) is 2.62. The molecule has 1 aromatic heterocycles. The average molecular weight is 240 g/mol. The Morgan fingerprint density at radius 2 is 2.00 bits per heavy atom. The molecule has 2 heteroatoms.